The number of hydrazone groups is 1. The van der Waals surface area contributed by atoms with Gasteiger partial charge in [-0.2, -0.15) is 5.10 Å². The van der Waals surface area contributed by atoms with Gasteiger partial charge in [-0.15, -0.1) is 5.10 Å². The number of amides is 1. The molecule has 3 rings (SSSR count). The Bertz CT molecular complexity index is 780. The smallest absolute Gasteiger partial charge is 0.261 e. The van der Waals surface area contributed by atoms with Crippen molar-refractivity contribution in [2.45, 2.75) is 6.54 Å². The van der Waals surface area contributed by atoms with Gasteiger partial charge in [0.15, 0.2) is 0 Å². The molecule has 7 heteroatoms. The number of hydrogen-bond donors (Lipinski definition) is 1. The Kier molecular flexibility index (Phi) is 3.64. The normalized spacial score (nSPS) is 11.0. The summed E-state index contributed by atoms with van der Waals surface area (Å²) in [4.78, 5) is 15.8. The van der Waals surface area contributed by atoms with E-state index in [2.05, 4.69) is 25.8 Å². The van der Waals surface area contributed by atoms with Crippen LogP contribution in [0.15, 0.2) is 53.9 Å². The summed E-state index contributed by atoms with van der Waals surface area (Å²) in [5.41, 5.74) is 4.82. The van der Waals surface area contributed by atoms with Crippen LogP contribution in [0.3, 0.4) is 0 Å². The Labute approximate surface area is 120 Å². The van der Waals surface area contributed by atoms with E-state index in [9.17, 15) is 4.79 Å². The van der Waals surface area contributed by atoms with Gasteiger partial charge in [-0.3, -0.25) is 9.78 Å². The Morgan fingerprint density at radius 3 is 3.05 bits per heavy atom. The fourth-order valence-corrected chi connectivity index (χ4v) is 1.84. The monoisotopic (exact) mass is 280 g/mol. The van der Waals surface area contributed by atoms with Crippen molar-refractivity contribution in [2.75, 3.05) is 0 Å². The van der Waals surface area contributed by atoms with Crippen LogP contribution in [0.2, 0.25) is 0 Å². The van der Waals surface area contributed by atoms with E-state index < -0.39 is 0 Å². The number of nitrogens with one attached hydrogen (secondary N) is 1. The largest absolute Gasteiger partial charge is 0.271 e. The molecule has 2 heterocycles. The first-order valence-electron chi connectivity index (χ1n) is 6.33. The molecule has 0 saturated carbocycles. The van der Waals surface area contributed by atoms with E-state index in [1.54, 1.807) is 18.5 Å². The third-order valence-corrected chi connectivity index (χ3v) is 2.80. The molecule has 0 atom stereocenters. The van der Waals surface area contributed by atoms with Crippen molar-refractivity contribution in [2.24, 2.45) is 5.10 Å². The zero-order valence-corrected chi connectivity index (χ0v) is 11.0. The molecule has 0 aliphatic carbocycles. The minimum atomic E-state index is -0.272. The number of para-hydroxylation sites is 1. The van der Waals surface area contributed by atoms with E-state index in [-0.39, 0.29) is 12.5 Å². The zero-order valence-electron chi connectivity index (χ0n) is 11.0. The number of rotatable bonds is 4. The zero-order chi connectivity index (χ0) is 14.5. The molecule has 0 bridgehead atoms. The van der Waals surface area contributed by atoms with Gasteiger partial charge in [-0.25, -0.2) is 10.1 Å². The van der Waals surface area contributed by atoms with Crippen molar-refractivity contribution in [1.29, 1.82) is 0 Å². The summed E-state index contributed by atoms with van der Waals surface area (Å²) in [6, 6.07) is 11.1. The third kappa shape index (κ3) is 3.08. The second-order valence-electron chi connectivity index (χ2n) is 4.32. The lowest BCUT2D eigenvalue weighted by atomic mass is 10.3. The maximum atomic E-state index is 11.8. The van der Waals surface area contributed by atoms with E-state index in [1.165, 1.54) is 10.9 Å². The molecule has 0 radical (unpaired) electrons. The molecular formula is C14H12N6O. The van der Waals surface area contributed by atoms with E-state index in [0.717, 1.165) is 16.6 Å². The first-order valence-corrected chi connectivity index (χ1v) is 6.33. The molecule has 0 saturated heterocycles. The lowest BCUT2D eigenvalue weighted by Gasteiger charge is -2.00. The van der Waals surface area contributed by atoms with Crippen LogP contribution in [0.1, 0.15) is 5.56 Å². The average molecular weight is 280 g/mol. The summed E-state index contributed by atoms with van der Waals surface area (Å²) in [5.74, 6) is -0.272. The first-order chi connectivity index (χ1) is 10.3. The van der Waals surface area contributed by atoms with Gasteiger partial charge < -0.3 is 0 Å². The molecule has 104 valence electrons. The number of fused-ring (bicyclic) bond motifs is 1. The SMILES string of the molecule is O=C(Cn1nnc2ccccc21)N/N=C/c1cccnc1. The lowest BCUT2D eigenvalue weighted by Crippen LogP contribution is -2.23. The number of aromatic nitrogens is 4. The molecule has 0 spiro atoms. The number of pyridine rings is 1. The minimum Gasteiger partial charge on any atom is -0.271 e. The maximum Gasteiger partial charge on any atom is 0.261 e. The van der Waals surface area contributed by atoms with E-state index in [0.29, 0.717) is 0 Å². The maximum absolute atomic E-state index is 11.8. The predicted molar refractivity (Wildman–Crippen MR) is 77.5 cm³/mol. The third-order valence-electron chi connectivity index (χ3n) is 2.80. The number of hydrogen-bond acceptors (Lipinski definition) is 5. The summed E-state index contributed by atoms with van der Waals surface area (Å²) in [6.45, 7) is 0.0604. The molecule has 21 heavy (non-hydrogen) atoms. The fourth-order valence-electron chi connectivity index (χ4n) is 1.84. The number of nitrogens with zero attached hydrogens (tertiary/aromatic N) is 5. The van der Waals surface area contributed by atoms with Crippen LogP contribution in [0.4, 0.5) is 0 Å². The van der Waals surface area contributed by atoms with Gasteiger partial charge in [-0.1, -0.05) is 23.4 Å². The van der Waals surface area contributed by atoms with E-state index >= 15 is 0 Å². The van der Waals surface area contributed by atoms with Crippen molar-refractivity contribution >= 4 is 23.2 Å². The minimum absolute atomic E-state index is 0.0604. The second-order valence-corrected chi connectivity index (χ2v) is 4.32. The van der Waals surface area contributed by atoms with Crippen LogP contribution in [0, 0.1) is 0 Å². The Morgan fingerprint density at radius 2 is 2.19 bits per heavy atom. The van der Waals surface area contributed by atoms with Gasteiger partial charge in [-0.05, 0) is 18.2 Å². The highest BCUT2D eigenvalue weighted by molar-refractivity contribution is 5.83. The highest BCUT2D eigenvalue weighted by Gasteiger charge is 2.07. The van der Waals surface area contributed by atoms with Gasteiger partial charge >= 0.3 is 0 Å². The molecule has 1 N–H and O–H groups in total. The van der Waals surface area contributed by atoms with Crippen molar-refractivity contribution in [3.63, 3.8) is 0 Å². The van der Waals surface area contributed by atoms with Gasteiger partial charge in [0.25, 0.3) is 5.91 Å². The van der Waals surface area contributed by atoms with Crippen molar-refractivity contribution < 1.29 is 4.79 Å². The van der Waals surface area contributed by atoms with Crippen molar-refractivity contribution in [3.05, 3.63) is 54.4 Å². The quantitative estimate of drug-likeness (QED) is 0.570. The van der Waals surface area contributed by atoms with Crippen LogP contribution in [-0.2, 0) is 11.3 Å². The molecule has 0 aliphatic rings. The Balaban J connectivity index is 1.63. The second kappa shape index (κ2) is 5.91. The van der Waals surface area contributed by atoms with Crippen LogP contribution in [0.25, 0.3) is 11.0 Å². The number of benzene rings is 1. The molecular weight excluding hydrogens is 268 g/mol. The molecule has 0 aliphatic heterocycles. The van der Waals surface area contributed by atoms with Crippen LogP contribution in [-0.4, -0.2) is 32.1 Å². The molecule has 1 amide bonds. The van der Waals surface area contributed by atoms with Crippen LogP contribution in [0.5, 0.6) is 0 Å². The summed E-state index contributed by atoms with van der Waals surface area (Å²) in [7, 11) is 0. The standard InChI is InChI=1S/C14H12N6O/c21-14(18-16-9-11-4-3-7-15-8-11)10-20-13-6-2-1-5-12(13)17-19-20/h1-9H,10H2,(H,18,21)/b16-9+. The topological polar surface area (TPSA) is 85.1 Å². The summed E-state index contributed by atoms with van der Waals surface area (Å²) >= 11 is 0. The molecule has 1 aromatic carbocycles. The predicted octanol–water partition coefficient (Wildman–Crippen LogP) is 0.977. The molecule has 3 aromatic rings. The summed E-state index contributed by atoms with van der Waals surface area (Å²) in [6.07, 6.45) is 4.86. The van der Waals surface area contributed by atoms with E-state index in [4.69, 9.17) is 0 Å². The number of carbonyl (C=O) groups is 1. The summed E-state index contributed by atoms with van der Waals surface area (Å²) in [5, 5.41) is 11.8. The Hall–Kier alpha value is -3.09. The van der Waals surface area contributed by atoms with E-state index in [1.807, 2.05) is 30.3 Å². The average Bonchev–Trinajstić information content (AvgIpc) is 2.92. The molecule has 2 aromatic heterocycles. The highest BCUT2D eigenvalue weighted by atomic mass is 16.2. The highest BCUT2D eigenvalue weighted by Crippen LogP contribution is 2.08. The first kappa shape index (κ1) is 12.9. The van der Waals surface area contributed by atoms with Crippen molar-refractivity contribution in [3.8, 4) is 0 Å². The van der Waals surface area contributed by atoms with Gasteiger partial charge in [0.05, 0.1) is 11.7 Å². The van der Waals surface area contributed by atoms with Crippen molar-refractivity contribution in [1.82, 2.24) is 25.4 Å². The molecule has 0 unspecified atom stereocenters. The van der Waals surface area contributed by atoms with Gasteiger partial charge in [0, 0.05) is 18.0 Å². The number of carbonyl (C=O) groups excluding carboxylic acids is 1. The fraction of sp³-hybridized carbons (Fsp3) is 0.0714. The van der Waals surface area contributed by atoms with Crippen LogP contribution < -0.4 is 5.43 Å². The summed E-state index contributed by atoms with van der Waals surface area (Å²) < 4.78 is 1.53. The Morgan fingerprint density at radius 1 is 1.29 bits per heavy atom. The van der Waals surface area contributed by atoms with Gasteiger partial charge in [0.2, 0.25) is 0 Å². The molecule has 7 nitrogen and oxygen atoms in total. The van der Waals surface area contributed by atoms with Gasteiger partial charge in [0.1, 0.15) is 12.1 Å². The van der Waals surface area contributed by atoms with Crippen LogP contribution >= 0.6 is 0 Å². The lowest BCUT2D eigenvalue weighted by molar-refractivity contribution is -0.121. The molecule has 0 fully saturated rings.